The molecule has 0 spiro atoms. The number of ether oxygens (including phenoxy) is 2. The molecule has 1 aliphatic rings. The fourth-order valence-corrected chi connectivity index (χ4v) is 1.35. The zero-order valence-electron chi connectivity index (χ0n) is 8.97. The first-order valence-electron chi connectivity index (χ1n) is 5.05. The Morgan fingerprint density at radius 3 is 3.00 bits per heavy atom. The van der Waals surface area contributed by atoms with Gasteiger partial charge in [-0.3, -0.25) is 4.79 Å². The fourth-order valence-electron chi connectivity index (χ4n) is 1.35. The molecule has 2 rings (SSSR count). The van der Waals surface area contributed by atoms with Crippen molar-refractivity contribution in [3.63, 3.8) is 0 Å². The molecule has 1 aliphatic heterocycles. The Bertz CT molecular complexity index is 503. The van der Waals surface area contributed by atoms with Crippen LogP contribution in [0.25, 0.3) is 0 Å². The molecule has 17 heavy (non-hydrogen) atoms. The minimum Gasteiger partial charge on any atom is -0.494 e. The van der Waals surface area contributed by atoms with E-state index in [1.807, 2.05) is 6.07 Å². The number of carbonyl (C=O) groups is 1. The molecule has 0 fully saturated rings. The molecule has 1 aromatic rings. The van der Waals surface area contributed by atoms with Crippen molar-refractivity contribution < 1.29 is 14.3 Å². The molecular weight excluding hydrogens is 220 g/mol. The van der Waals surface area contributed by atoms with Crippen LogP contribution < -0.4 is 5.32 Å². The molecule has 1 N–H and O–H groups in total. The molecule has 0 unspecified atom stereocenters. The number of amides is 1. The van der Waals surface area contributed by atoms with E-state index in [2.05, 4.69) is 5.32 Å². The third-order valence-corrected chi connectivity index (χ3v) is 2.12. The van der Waals surface area contributed by atoms with Crippen molar-refractivity contribution in [1.29, 1.82) is 5.26 Å². The third kappa shape index (κ3) is 2.75. The van der Waals surface area contributed by atoms with Crippen molar-refractivity contribution in [1.82, 2.24) is 0 Å². The van der Waals surface area contributed by atoms with Gasteiger partial charge in [-0.1, -0.05) is 6.07 Å². The van der Waals surface area contributed by atoms with E-state index in [0.29, 0.717) is 24.5 Å². The largest absolute Gasteiger partial charge is 0.494 e. The first-order chi connectivity index (χ1) is 8.29. The van der Waals surface area contributed by atoms with Crippen LogP contribution in [0.3, 0.4) is 0 Å². The maximum absolute atomic E-state index is 11.7. The molecule has 1 aromatic carbocycles. The predicted molar refractivity (Wildman–Crippen MR) is 59.8 cm³/mol. The van der Waals surface area contributed by atoms with E-state index in [4.69, 9.17) is 14.7 Å². The SMILES string of the molecule is N#Cc1cccc(NC(=O)C2=COCCO2)c1. The summed E-state index contributed by atoms with van der Waals surface area (Å²) in [4.78, 5) is 11.7. The first kappa shape index (κ1) is 11.0. The second-order valence-corrected chi connectivity index (χ2v) is 3.35. The molecular formula is C12H10N2O3. The Morgan fingerprint density at radius 2 is 2.29 bits per heavy atom. The molecule has 0 atom stereocenters. The summed E-state index contributed by atoms with van der Waals surface area (Å²) >= 11 is 0. The van der Waals surface area contributed by atoms with Gasteiger partial charge in [0.15, 0.2) is 0 Å². The average molecular weight is 230 g/mol. The average Bonchev–Trinajstić information content (AvgIpc) is 2.40. The van der Waals surface area contributed by atoms with Gasteiger partial charge >= 0.3 is 0 Å². The van der Waals surface area contributed by atoms with Crippen LogP contribution in [0.4, 0.5) is 5.69 Å². The van der Waals surface area contributed by atoms with Crippen molar-refractivity contribution >= 4 is 11.6 Å². The second kappa shape index (κ2) is 5.03. The van der Waals surface area contributed by atoms with E-state index in [1.165, 1.54) is 6.26 Å². The Balaban J connectivity index is 2.07. The van der Waals surface area contributed by atoms with Gasteiger partial charge < -0.3 is 14.8 Å². The molecule has 5 heteroatoms. The summed E-state index contributed by atoms with van der Waals surface area (Å²) in [6.07, 6.45) is 1.28. The zero-order valence-corrected chi connectivity index (χ0v) is 8.97. The summed E-state index contributed by atoms with van der Waals surface area (Å²) in [6, 6.07) is 8.64. The molecule has 1 amide bonds. The normalized spacial score (nSPS) is 13.7. The lowest BCUT2D eigenvalue weighted by Crippen LogP contribution is -2.21. The number of nitriles is 1. The summed E-state index contributed by atoms with van der Waals surface area (Å²) in [5.41, 5.74) is 1.03. The molecule has 0 aliphatic carbocycles. The molecule has 1 heterocycles. The molecule has 0 saturated carbocycles. The van der Waals surface area contributed by atoms with Gasteiger partial charge in [-0.25, -0.2) is 0 Å². The van der Waals surface area contributed by atoms with E-state index in [0.717, 1.165) is 0 Å². The lowest BCUT2D eigenvalue weighted by molar-refractivity contribution is -0.117. The highest BCUT2D eigenvalue weighted by Crippen LogP contribution is 2.12. The van der Waals surface area contributed by atoms with E-state index in [1.54, 1.807) is 24.3 Å². The van der Waals surface area contributed by atoms with Crippen LogP contribution in [0.1, 0.15) is 5.56 Å². The predicted octanol–water partition coefficient (Wildman–Crippen LogP) is 1.38. The first-order valence-corrected chi connectivity index (χ1v) is 5.05. The summed E-state index contributed by atoms with van der Waals surface area (Å²) in [7, 11) is 0. The van der Waals surface area contributed by atoms with Gasteiger partial charge in [0.2, 0.25) is 5.76 Å². The van der Waals surface area contributed by atoms with Crippen LogP contribution in [0.5, 0.6) is 0 Å². The highest BCUT2D eigenvalue weighted by atomic mass is 16.6. The van der Waals surface area contributed by atoms with E-state index in [-0.39, 0.29) is 11.7 Å². The van der Waals surface area contributed by atoms with E-state index in [9.17, 15) is 4.79 Å². The van der Waals surface area contributed by atoms with Crippen LogP contribution in [0.2, 0.25) is 0 Å². The van der Waals surface area contributed by atoms with Gasteiger partial charge in [-0.05, 0) is 18.2 Å². The Morgan fingerprint density at radius 1 is 1.41 bits per heavy atom. The summed E-state index contributed by atoms with van der Waals surface area (Å²) in [5, 5.41) is 11.3. The van der Waals surface area contributed by atoms with Crippen molar-refractivity contribution in [2.75, 3.05) is 18.5 Å². The number of nitrogens with one attached hydrogen (secondary N) is 1. The molecule has 0 radical (unpaired) electrons. The van der Waals surface area contributed by atoms with Crippen molar-refractivity contribution in [2.45, 2.75) is 0 Å². The maximum atomic E-state index is 11.7. The smallest absolute Gasteiger partial charge is 0.294 e. The van der Waals surface area contributed by atoms with E-state index >= 15 is 0 Å². The van der Waals surface area contributed by atoms with Gasteiger partial charge in [0.1, 0.15) is 19.5 Å². The van der Waals surface area contributed by atoms with Crippen LogP contribution in [-0.4, -0.2) is 19.1 Å². The number of hydrogen-bond acceptors (Lipinski definition) is 4. The van der Waals surface area contributed by atoms with Gasteiger partial charge in [0.25, 0.3) is 5.91 Å². The standard InChI is InChI=1S/C12H10N2O3/c13-7-9-2-1-3-10(6-9)14-12(15)11-8-16-4-5-17-11/h1-3,6,8H,4-5H2,(H,14,15). The maximum Gasteiger partial charge on any atom is 0.294 e. The number of rotatable bonds is 2. The highest BCUT2D eigenvalue weighted by Gasteiger charge is 2.14. The van der Waals surface area contributed by atoms with Gasteiger partial charge in [-0.15, -0.1) is 0 Å². The lowest BCUT2D eigenvalue weighted by atomic mass is 10.2. The monoisotopic (exact) mass is 230 g/mol. The fraction of sp³-hybridized carbons (Fsp3) is 0.167. The minimum atomic E-state index is -0.389. The summed E-state index contributed by atoms with van der Waals surface area (Å²) in [6.45, 7) is 0.804. The van der Waals surface area contributed by atoms with Gasteiger partial charge in [-0.2, -0.15) is 5.26 Å². The molecule has 0 bridgehead atoms. The minimum absolute atomic E-state index is 0.138. The Kier molecular flexibility index (Phi) is 3.26. The lowest BCUT2D eigenvalue weighted by Gasteiger charge is -2.14. The number of carbonyl (C=O) groups excluding carboxylic acids is 1. The zero-order chi connectivity index (χ0) is 12.1. The third-order valence-electron chi connectivity index (χ3n) is 2.12. The van der Waals surface area contributed by atoms with Crippen LogP contribution in [0, 0.1) is 11.3 Å². The molecule has 5 nitrogen and oxygen atoms in total. The summed E-state index contributed by atoms with van der Waals surface area (Å²) in [5.74, 6) is -0.251. The number of benzene rings is 1. The van der Waals surface area contributed by atoms with Crippen molar-refractivity contribution in [3.8, 4) is 6.07 Å². The van der Waals surface area contributed by atoms with Gasteiger partial charge in [0.05, 0.1) is 11.6 Å². The van der Waals surface area contributed by atoms with Crippen LogP contribution in [-0.2, 0) is 14.3 Å². The Labute approximate surface area is 98.3 Å². The molecule has 0 saturated heterocycles. The highest BCUT2D eigenvalue weighted by molar-refractivity contribution is 6.02. The molecule has 86 valence electrons. The Hall–Kier alpha value is -2.48. The number of hydrogen-bond donors (Lipinski definition) is 1. The molecule has 0 aromatic heterocycles. The number of nitrogens with zero attached hydrogens (tertiary/aromatic N) is 1. The summed E-state index contributed by atoms with van der Waals surface area (Å²) < 4.78 is 10.1. The van der Waals surface area contributed by atoms with Gasteiger partial charge in [0, 0.05) is 5.69 Å². The van der Waals surface area contributed by atoms with E-state index < -0.39 is 0 Å². The quantitative estimate of drug-likeness (QED) is 0.833. The van der Waals surface area contributed by atoms with Crippen LogP contribution in [0.15, 0.2) is 36.3 Å². The second-order valence-electron chi connectivity index (χ2n) is 3.35. The van der Waals surface area contributed by atoms with Crippen molar-refractivity contribution in [3.05, 3.63) is 41.9 Å². The van der Waals surface area contributed by atoms with Crippen LogP contribution >= 0.6 is 0 Å². The van der Waals surface area contributed by atoms with Crippen molar-refractivity contribution in [2.24, 2.45) is 0 Å². The topological polar surface area (TPSA) is 71.4 Å². The number of anilines is 1.